The molecule has 4 heteroatoms. The van der Waals surface area contributed by atoms with Gasteiger partial charge in [0.25, 0.3) is 0 Å². The normalized spacial score (nSPS) is 11.3. The molecule has 40 heavy (non-hydrogen) atoms. The van der Waals surface area contributed by atoms with Crippen LogP contribution < -0.4 is 0 Å². The van der Waals surface area contributed by atoms with Crippen LogP contribution in [0.4, 0.5) is 0 Å². The molecule has 0 fully saturated rings. The molecule has 0 bridgehead atoms. The highest BCUT2D eigenvalue weighted by atomic mass is 16.4. The Morgan fingerprint density at radius 2 is 0.675 bits per heavy atom. The number of carbonyl (C=O) groups is 2. The highest BCUT2D eigenvalue weighted by molar-refractivity contribution is 5.72. The number of carboxylic acid groups (broad SMARTS) is 2. The van der Waals surface area contributed by atoms with E-state index < -0.39 is 11.9 Å². The van der Waals surface area contributed by atoms with Gasteiger partial charge in [0, 0.05) is 0 Å². The van der Waals surface area contributed by atoms with E-state index >= 15 is 0 Å². The summed E-state index contributed by atoms with van der Waals surface area (Å²) < 4.78 is 0. The molecule has 0 spiro atoms. The first kappa shape index (κ1) is 30.4. The van der Waals surface area contributed by atoms with Crippen LogP contribution in [0.3, 0.4) is 0 Å². The van der Waals surface area contributed by atoms with Gasteiger partial charge in [-0.05, 0) is 55.3 Å². The van der Waals surface area contributed by atoms with Crippen molar-refractivity contribution < 1.29 is 19.8 Å². The number of benzene rings is 4. The Balaban J connectivity index is 0.000000220. The van der Waals surface area contributed by atoms with Crippen LogP contribution in [0.1, 0.15) is 63.8 Å². The predicted octanol–water partition coefficient (Wildman–Crippen LogP) is 8.56. The van der Waals surface area contributed by atoms with E-state index in [0.29, 0.717) is 0 Å². The molecule has 0 atom stereocenters. The summed E-state index contributed by atoms with van der Waals surface area (Å²) in [6.07, 6.45) is 0.145. The highest BCUT2D eigenvalue weighted by Crippen LogP contribution is 2.27. The Bertz CT molecular complexity index is 1290. The summed E-state index contributed by atoms with van der Waals surface area (Å²) in [4.78, 5) is 21.3. The first-order valence-electron chi connectivity index (χ1n) is 13.6. The van der Waals surface area contributed by atoms with E-state index in [-0.39, 0.29) is 23.7 Å². The van der Waals surface area contributed by atoms with Crippen LogP contribution in [-0.2, 0) is 33.3 Å². The lowest BCUT2D eigenvalue weighted by Gasteiger charge is -2.19. The largest absolute Gasteiger partial charge is 0.481 e. The predicted molar refractivity (Wildman–Crippen MR) is 164 cm³/mol. The molecule has 0 aliphatic heterocycles. The first-order chi connectivity index (χ1) is 18.7. The molecule has 0 aliphatic rings. The van der Waals surface area contributed by atoms with Gasteiger partial charge in [0.2, 0.25) is 0 Å². The number of aliphatic carboxylic acids is 2. The third-order valence-electron chi connectivity index (χ3n) is 6.79. The van der Waals surface area contributed by atoms with Gasteiger partial charge in [-0.25, -0.2) is 0 Å². The van der Waals surface area contributed by atoms with Crippen molar-refractivity contribution >= 4 is 11.9 Å². The molecule has 4 aromatic rings. The van der Waals surface area contributed by atoms with Crippen molar-refractivity contribution in [2.75, 3.05) is 0 Å². The lowest BCUT2D eigenvalue weighted by atomic mass is 9.86. The van der Waals surface area contributed by atoms with E-state index in [1.165, 1.54) is 11.1 Å². The number of rotatable bonds is 6. The third-order valence-corrected chi connectivity index (χ3v) is 6.79. The minimum Gasteiger partial charge on any atom is -0.481 e. The van der Waals surface area contributed by atoms with Crippen molar-refractivity contribution in [2.45, 2.75) is 65.2 Å². The minimum atomic E-state index is -0.799. The third kappa shape index (κ3) is 8.94. The van der Waals surface area contributed by atoms with Crippen LogP contribution in [0.25, 0.3) is 22.3 Å². The Morgan fingerprint density at radius 1 is 0.450 bits per heavy atom. The molecule has 0 heterocycles. The van der Waals surface area contributed by atoms with Gasteiger partial charge in [-0.1, -0.05) is 139 Å². The quantitative estimate of drug-likeness (QED) is 0.259. The lowest BCUT2D eigenvalue weighted by molar-refractivity contribution is -0.137. The van der Waals surface area contributed by atoms with Crippen LogP contribution in [-0.4, -0.2) is 22.2 Å². The summed E-state index contributed by atoms with van der Waals surface area (Å²) in [6.45, 7) is 13.2. The van der Waals surface area contributed by atoms with Crippen LogP contribution in [0.2, 0.25) is 0 Å². The summed E-state index contributed by atoms with van der Waals surface area (Å²) in [6, 6.07) is 32.5. The molecular formula is C36H40O4. The van der Waals surface area contributed by atoms with Gasteiger partial charge in [0.1, 0.15) is 0 Å². The molecule has 4 nitrogen and oxygen atoms in total. The Morgan fingerprint density at radius 3 is 0.875 bits per heavy atom. The Hall–Kier alpha value is -4.18. The number of hydrogen-bond donors (Lipinski definition) is 2. The number of carboxylic acids is 2. The van der Waals surface area contributed by atoms with E-state index in [2.05, 4.69) is 90.1 Å². The summed E-state index contributed by atoms with van der Waals surface area (Å²) in [5.74, 6) is -1.60. The molecule has 0 aliphatic carbocycles. The standard InChI is InChI=1S/2C18H20O2/c2*1-18(2,3)16-10-8-15(9-11-16)14-6-4-13(5-7-14)12-17(19)20/h2*4-11H,12H2,1-3H3,(H,19,20). The van der Waals surface area contributed by atoms with E-state index in [0.717, 1.165) is 33.4 Å². The van der Waals surface area contributed by atoms with E-state index in [4.69, 9.17) is 10.2 Å². The second kappa shape index (κ2) is 12.8. The second-order valence-corrected chi connectivity index (χ2v) is 12.2. The van der Waals surface area contributed by atoms with Gasteiger partial charge in [-0.2, -0.15) is 0 Å². The van der Waals surface area contributed by atoms with Crippen LogP contribution in [0.5, 0.6) is 0 Å². The molecule has 0 saturated heterocycles. The van der Waals surface area contributed by atoms with E-state index in [1.807, 2.05) is 48.5 Å². The fourth-order valence-corrected chi connectivity index (χ4v) is 4.30. The van der Waals surface area contributed by atoms with Crippen molar-refractivity contribution in [1.82, 2.24) is 0 Å². The zero-order valence-corrected chi connectivity index (χ0v) is 24.4. The topological polar surface area (TPSA) is 74.6 Å². The van der Waals surface area contributed by atoms with Crippen LogP contribution in [0.15, 0.2) is 97.1 Å². The minimum absolute atomic E-state index is 0.0727. The fourth-order valence-electron chi connectivity index (χ4n) is 4.30. The molecule has 0 aromatic heterocycles. The van der Waals surface area contributed by atoms with Gasteiger partial charge < -0.3 is 10.2 Å². The van der Waals surface area contributed by atoms with E-state index in [9.17, 15) is 9.59 Å². The molecule has 0 radical (unpaired) electrons. The highest BCUT2D eigenvalue weighted by Gasteiger charge is 2.14. The Kier molecular flexibility index (Phi) is 9.70. The van der Waals surface area contributed by atoms with Gasteiger partial charge in [0.05, 0.1) is 12.8 Å². The van der Waals surface area contributed by atoms with Gasteiger partial charge >= 0.3 is 11.9 Å². The van der Waals surface area contributed by atoms with Crippen LogP contribution >= 0.6 is 0 Å². The molecule has 4 rings (SSSR count). The maximum absolute atomic E-state index is 10.7. The monoisotopic (exact) mass is 536 g/mol. The fraction of sp³-hybridized carbons (Fsp3) is 0.278. The smallest absolute Gasteiger partial charge is 0.307 e. The molecule has 0 unspecified atom stereocenters. The van der Waals surface area contributed by atoms with Crippen molar-refractivity contribution in [1.29, 1.82) is 0 Å². The molecular weight excluding hydrogens is 496 g/mol. The SMILES string of the molecule is CC(C)(C)c1ccc(-c2ccc(CC(=O)O)cc2)cc1.CC(C)(C)c1ccc(-c2ccc(CC(=O)O)cc2)cc1. The molecule has 4 aromatic carbocycles. The average Bonchev–Trinajstić information content (AvgIpc) is 2.88. The summed E-state index contributed by atoms with van der Waals surface area (Å²) in [5, 5.41) is 17.5. The van der Waals surface area contributed by atoms with E-state index in [1.54, 1.807) is 0 Å². The van der Waals surface area contributed by atoms with Gasteiger partial charge in [-0.3, -0.25) is 9.59 Å². The molecule has 0 amide bonds. The lowest BCUT2D eigenvalue weighted by Crippen LogP contribution is -2.10. The van der Waals surface area contributed by atoms with Crippen molar-refractivity contribution in [3.05, 3.63) is 119 Å². The maximum atomic E-state index is 10.7. The zero-order chi connectivity index (χ0) is 29.5. The molecule has 0 saturated carbocycles. The molecule has 2 N–H and O–H groups in total. The Labute approximate surface area is 238 Å². The molecule has 208 valence electrons. The summed E-state index contributed by atoms with van der Waals surface area (Å²) in [7, 11) is 0. The van der Waals surface area contributed by atoms with Gasteiger partial charge in [-0.15, -0.1) is 0 Å². The average molecular weight is 537 g/mol. The van der Waals surface area contributed by atoms with Crippen molar-refractivity contribution in [3.63, 3.8) is 0 Å². The van der Waals surface area contributed by atoms with Crippen molar-refractivity contribution in [3.8, 4) is 22.3 Å². The maximum Gasteiger partial charge on any atom is 0.307 e. The van der Waals surface area contributed by atoms with Gasteiger partial charge in [0.15, 0.2) is 0 Å². The first-order valence-corrected chi connectivity index (χ1v) is 13.6. The summed E-state index contributed by atoms with van der Waals surface area (Å²) in [5.41, 5.74) is 9.11. The number of hydrogen-bond acceptors (Lipinski definition) is 2. The van der Waals surface area contributed by atoms with Crippen molar-refractivity contribution in [2.24, 2.45) is 0 Å². The summed E-state index contributed by atoms with van der Waals surface area (Å²) >= 11 is 0. The zero-order valence-electron chi connectivity index (χ0n) is 24.4. The van der Waals surface area contributed by atoms with Crippen LogP contribution in [0, 0.1) is 0 Å². The second-order valence-electron chi connectivity index (χ2n) is 12.2.